The zero-order valence-electron chi connectivity index (χ0n) is 18.5. The zero-order valence-corrected chi connectivity index (χ0v) is 20.7. The van der Waals surface area contributed by atoms with Gasteiger partial charge in [0, 0.05) is 0 Å². The van der Waals surface area contributed by atoms with Crippen LogP contribution < -0.4 is 0 Å². The third-order valence-electron chi connectivity index (χ3n) is 6.11. The van der Waals surface area contributed by atoms with Gasteiger partial charge in [0.1, 0.15) is 0 Å². The predicted molar refractivity (Wildman–Crippen MR) is 120 cm³/mol. The molecular weight excluding hydrogens is 335 g/mol. The normalized spacial score (nSPS) is 11.9. The maximum absolute atomic E-state index is 7.02. The van der Waals surface area contributed by atoms with Gasteiger partial charge in [-0.15, -0.1) is 0 Å². The highest BCUT2D eigenvalue weighted by Gasteiger charge is 2.33. The van der Waals surface area contributed by atoms with Crippen molar-refractivity contribution in [2.75, 3.05) is 0 Å². The molecule has 0 aliphatic rings. The first-order valence-electron chi connectivity index (χ1n) is 11.9. The minimum atomic E-state index is -1.38. The van der Waals surface area contributed by atoms with Crippen LogP contribution in [0.15, 0.2) is 0 Å². The van der Waals surface area contributed by atoms with E-state index in [2.05, 4.69) is 34.6 Å². The lowest BCUT2D eigenvalue weighted by molar-refractivity contribution is 0.521. The average molecular weight is 385 g/mol. The molecule has 0 atom stereocenters. The maximum atomic E-state index is 7.02. The summed E-state index contributed by atoms with van der Waals surface area (Å²) in [5.41, 5.74) is 0. The average Bonchev–Trinajstić information content (AvgIpc) is 2.65. The van der Waals surface area contributed by atoms with E-state index in [0.717, 1.165) is 0 Å². The van der Waals surface area contributed by atoms with Gasteiger partial charge < -0.3 is 3.48 Å². The highest BCUT2D eigenvalue weighted by molar-refractivity contribution is 6.80. The Balaban J connectivity index is 4.25. The molecule has 0 spiro atoms. The first-order valence-corrected chi connectivity index (χ1v) is 16.5. The second-order valence-electron chi connectivity index (χ2n) is 8.10. The zero-order chi connectivity index (χ0) is 18.8. The lowest BCUT2D eigenvalue weighted by Crippen LogP contribution is -2.41. The van der Waals surface area contributed by atoms with Crippen LogP contribution in [-0.4, -0.2) is 22.8 Å². The van der Waals surface area contributed by atoms with E-state index in [-0.39, 0.29) is 0 Å². The summed E-state index contributed by atoms with van der Waals surface area (Å²) in [6.07, 6.45) is 17.1. The van der Waals surface area contributed by atoms with Gasteiger partial charge in [-0.3, -0.25) is 0 Å². The summed E-state index contributed by atoms with van der Waals surface area (Å²) in [4.78, 5) is 0. The molecule has 0 aromatic carbocycles. The van der Waals surface area contributed by atoms with Crippen LogP contribution in [0.2, 0.25) is 28.7 Å². The van der Waals surface area contributed by atoms with Gasteiger partial charge >= 0.3 is 14.5 Å². The van der Waals surface area contributed by atoms with Crippen LogP contribution in [0.3, 0.4) is 0 Å². The summed E-state index contributed by atoms with van der Waals surface area (Å²) < 4.78 is 7.02. The predicted octanol–water partition coefficient (Wildman–Crippen LogP) is 8.72. The summed E-state index contributed by atoms with van der Waals surface area (Å²) in [6.45, 7) is 11.8. The maximum Gasteiger partial charge on any atom is 0.449 e. The van der Waals surface area contributed by atoms with Crippen molar-refractivity contribution >= 4 is 22.8 Å². The van der Waals surface area contributed by atoms with Gasteiger partial charge in [0.15, 0.2) is 8.32 Å². The van der Waals surface area contributed by atoms with Gasteiger partial charge in [-0.05, 0) is 18.1 Å². The van der Waals surface area contributed by atoms with Crippen LogP contribution in [0.1, 0.15) is 112 Å². The molecule has 0 bridgehead atoms. The molecule has 0 aliphatic carbocycles. The third-order valence-corrected chi connectivity index (χ3v) is 15.4. The number of rotatable bonds is 19. The Morgan fingerprint density at radius 2 is 0.880 bits per heavy atom. The monoisotopic (exact) mass is 384 g/mol. The van der Waals surface area contributed by atoms with Crippen molar-refractivity contribution in [3.05, 3.63) is 0 Å². The molecule has 0 saturated heterocycles. The Kier molecular flexibility index (Phi) is 18.6. The van der Waals surface area contributed by atoms with Crippen molar-refractivity contribution in [1.82, 2.24) is 0 Å². The molecule has 25 heavy (non-hydrogen) atoms. The summed E-state index contributed by atoms with van der Waals surface area (Å²) in [5.74, 6) is 0. The lowest BCUT2D eigenvalue weighted by Gasteiger charge is -2.33. The Hall–Kier alpha value is 0.709. The third kappa shape index (κ3) is 13.5. The molecule has 0 radical (unpaired) electrons. The van der Waals surface area contributed by atoms with Crippen molar-refractivity contribution in [1.29, 1.82) is 0 Å². The van der Waals surface area contributed by atoms with E-state index in [1.807, 2.05) is 0 Å². The second kappa shape index (κ2) is 18.1. The molecule has 1 nitrogen and oxygen atoms in total. The van der Waals surface area contributed by atoms with Crippen molar-refractivity contribution in [3.63, 3.8) is 0 Å². The first kappa shape index (κ1) is 25.7. The van der Waals surface area contributed by atoms with E-state index in [1.54, 1.807) is 0 Å². The molecule has 150 valence electrons. The lowest BCUT2D eigenvalue weighted by atomic mass is 10.1. The molecule has 0 aromatic rings. The molecule has 3 heteroatoms. The largest absolute Gasteiger partial charge is 0.545 e. The van der Waals surface area contributed by atoms with Crippen LogP contribution >= 0.6 is 0 Å². The van der Waals surface area contributed by atoms with Gasteiger partial charge in [-0.2, -0.15) is 0 Å². The van der Waals surface area contributed by atoms with Crippen LogP contribution in [0, 0.1) is 0 Å². The highest BCUT2D eigenvalue weighted by atomic mass is 28.4. The fraction of sp³-hybridized carbons (Fsp3) is 1.00. The molecule has 0 unspecified atom stereocenters. The SMILES string of the molecule is CCCCCCC[CH2][Al]([CH2]CCCCCCC)[O][Si](CC)(CC)CC. The highest BCUT2D eigenvalue weighted by Crippen LogP contribution is 2.26. The van der Waals surface area contributed by atoms with Gasteiger partial charge in [0.25, 0.3) is 0 Å². The van der Waals surface area contributed by atoms with E-state index < -0.39 is 22.8 Å². The van der Waals surface area contributed by atoms with E-state index in [0.29, 0.717) is 0 Å². The first-order chi connectivity index (χ1) is 12.2. The molecule has 0 heterocycles. The molecular formula is C22H49AlOSi. The fourth-order valence-electron chi connectivity index (χ4n) is 3.92. The van der Waals surface area contributed by atoms with E-state index in [1.165, 1.54) is 106 Å². The van der Waals surface area contributed by atoms with Crippen LogP contribution in [0.4, 0.5) is 0 Å². The Morgan fingerprint density at radius 1 is 0.520 bits per heavy atom. The summed E-state index contributed by atoms with van der Waals surface area (Å²) in [7, 11) is -1.38. The minimum Gasteiger partial charge on any atom is -0.545 e. The minimum absolute atomic E-state index is 0.968. The molecule has 0 aliphatic heterocycles. The van der Waals surface area contributed by atoms with Gasteiger partial charge in [-0.25, -0.2) is 0 Å². The summed E-state index contributed by atoms with van der Waals surface area (Å²) in [5, 5.41) is 2.91. The van der Waals surface area contributed by atoms with Crippen molar-refractivity contribution in [2.24, 2.45) is 0 Å². The van der Waals surface area contributed by atoms with Crippen LogP contribution in [0.25, 0.3) is 0 Å². The molecule has 0 saturated carbocycles. The molecule has 0 aromatic heterocycles. The standard InChI is InChI=1S/2C8H17.C6H15OSi.Al/c2*1-3-5-7-8-6-4-2;1-4-8(7,5-2)6-3;/h2*1,3-8H2,2H3;4-6H2,1-3H3;/q;;-1;+1. The smallest absolute Gasteiger partial charge is 0.449 e. The Bertz CT molecular complexity index is 244. The topological polar surface area (TPSA) is 9.23 Å². The second-order valence-corrected chi connectivity index (χ2v) is 15.9. The van der Waals surface area contributed by atoms with E-state index in [9.17, 15) is 0 Å². The summed E-state index contributed by atoms with van der Waals surface area (Å²) in [6, 6.07) is 3.99. The molecule has 0 fully saturated rings. The van der Waals surface area contributed by atoms with E-state index in [4.69, 9.17) is 3.48 Å². The van der Waals surface area contributed by atoms with Crippen molar-refractivity contribution < 1.29 is 3.48 Å². The molecule has 0 amide bonds. The summed E-state index contributed by atoms with van der Waals surface area (Å²) >= 11 is -0.968. The Labute approximate surface area is 166 Å². The number of hydrogen-bond acceptors (Lipinski definition) is 1. The number of hydrogen-bond donors (Lipinski definition) is 0. The van der Waals surface area contributed by atoms with Crippen LogP contribution in [0.5, 0.6) is 0 Å². The van der Waals surface area contributed by atoms with Gasteiger partial charge in [-0.1, -0.05) is 122 Å². The van der Waals surface area contributed by atoms with Crippen molar-refractivity contribution in [3.8, 4) is 0 Å². The van der Waals surface area contributed by atoms with Crippen molar-refractivity contribution in [2.45, 2.75) is 140 Å². The molecule has 0 rings (SSSR count). The fourth-order valence-corrected chi connectivity index (χ4v) is 13.0. The quantitative estimate of drug-likeness (QED) is 0.160. The van der Waals surface area contributed by atoms with Gasteiger partial charge in [0.05, 0.1) is 0 Å². The Morgan fingerprint density at radius 3 is 1.24 bits per heavy atom. The van der Waals surface area contributed by atoms with Crippen LogP contribution in [-0.2, 0) is 3.48 Å². The molecule has 0 N–H and O–H groups in total. The van der Waals surface area contributed by atoms with E-state index >= 15 is 0 Å². The number of unbranched alkanes of at least 4 members (excludes halogenated alkanes) is 10. The van der Waals surface area contributed by atoms with Gasteiger partial charge in [0.2, 0.25) is 0 Å².